The molecule has 1 N–H and O–H groups in total. The number of para-hydroxylation sites is 1. The molecular formula is C21H21N5O. The second kappa shape index (κ2) is 7.07. The maximum absolute atomic E-state index is 12.2. The second-order valence-electron chi connectivity index (χ2n) is 6.75. The quantitative estimate of drug-likeness (QED) is 0.727. The van der Waals surface area contributed by atoms with E-state index < -0.39 is 0 Å². The molecule has 0 unspecified atom stereocenters. The predicted molar refractivity (Wildman–Crippen MR) is 106 cm³/mol. The Bertz CT molecular complexity index is 1000. The number of fused-ring (bicyclic) bond motifs is 1. The van der Waals surface area contributed by atoms with Gasteiger partial charge in [-0.15, -0.1) is 5.10 Å². The SMILES string of the molecule is Cc1cc(C)cc(-c2ncn(/C=C\C(=O)NN3CCc4ccccc43)n2)c1. The molecule has 1 aromatic heterocycles. The van der Waals surface area contributed by atoms with Crippen molar-refractivity contribution in [1.29, 1.82) is 0 Å². The molecule has 6 nitrogen and oxygen atoms in total. The molecule has 0 fully saturated rings. The summed E-state index contributed by atoms with van der Waals surface area (Å²) in [5.41, 5.74) is 8.51. The van der Waals surface area contributed by atoms with E-state index in [1.54, 1.807) is 17.2 Å². The Kier molecular flexibility index (Phi) is 4.46. The van der Waals surface area contributed by atoms with Gasteiger partial charge in [0.25, 0.3) is 5.91 Å². The lowest BCUT2D eigenvalue weighted by Gasteiger charge is -2.19. The summed E-state index contributed by atoms with van der Waals surface area (Å²) in [6.07, 6.45) is 5.60. The molecule has 3 aromatic rings. The van der Waals surface area contributed by atoms with Gasteiger partial charge in [-0.2, -0.15) is 0 Å². The standard InChI is InChI=1S/C21H21N5O/c1-15-11-16(2)13-18(12-15)21-22-14-25(24-21)9-8-20(27)23-26-10-7-17-5-3-4-6-19(17)26/h3-6,8-9,11-14H,7,10H2,1-2H3,(H,23,27)/b9-8-. The summed E-state index contributed by atoms with van der Waals surface area (Å²) < 4.78 is 1.55. The fourth-order valence-corrected chi connectivity index (χ4v) is 3.35. The molecule has 136 valence electrons. The van der Waals surface area contributed by atoms with Crippen molar-refractivity contribution >= 4 is 17.8 Å². The summed E-state index contributed by atoms with van der Waals surface area (Å²) >= 11 is 0. The number of anilines is 1. The maximum Gasteiger partial charge on any atom is 0.264 e. The van der Waals surface area contributed by atoms with Crippen molar-refractivity contribution in [1.82, 2.24) is 20.2 Å². The number of carbonyl (C=O) groups excluding carboxylic acids is 1. The van der Waals surface area contributed by atoms with Crippen LogP contribution in [0.3, 0.4) is 0 Å². The first-order valence-corrected chi connectivity index (χ1v) is 8.92. The highest BCUT2D eigenvalue weighted by Gasteiger charge is 2.19. The zero-order valence-corrected chi connectivity index (χ0v) is 15.4. The molecule has 4 rings (SSSR count). The molecule has 27 heavy (non-hydrogen) atoms. The van der Waals surface area contributed by atoms with E-state index in [0.29, 0.717) is 5.82 Å². The van der Waals surface area contributed by atoms with Crippen LogP contribution in [-0.4, -0.2) is 27.2 Å². The van der Waals surface area contributed by atoms with Gasteiger partial charge in [0, 0.05) is 24.4 Å². The molecule has 0 saturated carbocycles. The van der Waals surface area contributed by atoms with Crippen LogP contribution in [0.4, 0.5) is 5.69 Å². The number of rotatable bonds is 4. The minimum absolute atomic E-state index is 0.199. The van der Waals surface area contributed by atoms with Crippen LogP contribution in [0.1, 0.15) is 16.7 Å². The average Bonchev–Trinajstić information content (AvgIpc) is 3.27. The van der Waals surface area contributed by atoms with Crippen LogP contribution in [0, 0.1) is 13.8 Å². The largest absolute Gasteiger partial charge is 0.285 e. The van der Waals surface area contributed by atoms with E-state index in [-0.39, 0.29) is 5.91 Å². The van der Waals surface area contributed by atoms with E-state index in [1.165, 1.54) is 22.8 Å². The molecule has 2 heterocycles. The molecule has 0 radical (unpaired) electrons. The third-order valence-corrected chi connectivity index (χ3v) is 4.50. The number of aromatic nitrogens is 3. The number of benzene rings is 2. The Morgan fingerprint density at radius 1 is 1.15 bits per heavy atom. The van der Waals surface area contributed by atoms with Crippen LogP contribution in [0.5, 0.6) is 0 Å². The molecule has 0 saturated heterocycles. The van der Waals surface area contributed by atoms with Crippen molar-refractivity contribution < 1.29 is 4.79 Å². The van der Waals surface area contributed by atoms with Crippen LogP contribution in [0.15, 0.2) is 54.9 Å². The Labute approximate surface area is 158 Å². The van der Waals surface area contributed by atoms with Gasteiger partial charge >= 0.3 is 0 Å². The number of carbonyl (C=O) groups is 1. The summed E-state index contributed by atoms with van der Waals surface area (Å²) in [5, 5.41) is 6.31. The maximum atomic E-state index is 12.2. The normalized spacial score (nSPS) is 13.2. The van der Waals surface area contributed by atoms with Crippen LogP contribution in [0.2, 0.25) is 0 Å². The van der Waals surface area contributed by atoms with Gasteiger partial charge in [-0.05, 0) is 44.0 Å². The van der Waals surface area contributed by atoms with Gasteiger partial charge in [-0.1, -0.05) is 35.4 Å². The van der Waals surface area contributed by atoms with Crippen LogP contribution in [0.25, 0.3) is 17.6 Å². The van der Waals surface area contributed by atoms with E-state index in [4.69, 9.17) is 0 Å². The number of hydrogen-bond donors (Lipinski definition) is 1. The highest BCUT2D eigenvalue weighted by atomic mass is 16.2. The summed E-state index contributed by atoms with van der Waals surface area (Å²) in [7, 11) is 0. The number of aryl methyl sites for hydroxylation is 2. The van der Waals surface area contributed by atoms with E-state index in [2.05, 4.69) is 27.6 Å². The van der Waals surface area contributed by atoms with E-state index in [0.717, 1.165) is 24.2 Å². The van der Waals surface area contributed by atoms with Crippen molar-refractivity contribution in [3.8, 4) is 11.4 Å². The number of nitrogens with one attached hydrogen (secondary N) is 1. The fraction of sp³-hybridized carbons (Fsp3) is 0.190. The Morgan fingerprint density at radius 2 is 1.93 bits per heavy atom. The molecule has 0 atom stereocenters. The zero-order chi connectivity index (χ0) is 18.8. The number of hydrogen-bond acceptors (Lipinski definition) is 4. The van der Waals surface area contributed by atoms with Gasteiger partial charge in [-0.25, -0.2) is 9.67 Å². The van der Waals surface area contributed by atoms with Gasteiger partial charge in [0.2, 0.25) is 0 Å². The molecule has 1 amide bonds. The number of nitrogens with zero attached hydrogens (tertiary/aromatic N) is 4. The Hall–Kier alpha value is -3.41. The third kappa shape index (κ3) is 3.74. The molecule has 1 aliphatic heterocycles. The number of amides is 1. The summed E-state index contributed by atoms with van der Waals surface area (Å²) in [6.45, 7) is 4.88. The summed E-state index contributed by atoms with van der Waals surface area (Å²) in [4.78, 5) is 16.6. The summed E-state index contributed by atoms with van der Waals surface area (Å²) in [5.74, 6) is 0.440. The monoisotopic (exact) mass is 359 g/mol. The van der Waals surface area contributed by atoms with Crippen molar-refractivity contribution in [3.05, 3.63) is 71.6 Å². The second-order valence-corrected chi connectivity index (χ2v) is 6.75. The first-order chi connectivity index (χ1) is 13.1. The Balaban J connectivity index is 1.43. The molecular weight excluding hydrogens is 338 g/mol. The molecule has 2 aromatic carbocycles. The van der Waals surface area contributed by atoms with Gasteiger partial charge < -0.3 is 0 Å². The summed E-state index contributed by atoms with van der Waals surface area (Å²) in [6, 6.07) is 14.3. The van der Waals surface area contributed by atoms with Crippen molar-refractivity contribution in [2.75, 3.05) is 11.6 Å². The van der Waals surface area contributed by atoms with Gasteiger partial charge in [0.05, 0.1) is 5.69 Å². The first kappa shape index (κ1) is 17.0. The fourth-order valence-electron chi connectivity index (χ4n) is 3.35. The molecule has 0 bridgehead atoms. The van der Waals surface area contributed by atoms with Gasteiger partial charge in [-0.3, -0.25) is 15.2 Å². The molecule has 1 aliphatic rings. The van der Waals surface area contributed by atoms with Crippen molar-refractivity contribution in [3.63, 3.8) is 0 Å². The zero-order valence-electron chi connectivity index (χ0n) is 15.4. The molecule has 6 heteroatoms. The minimum Gasteiger partial charge on any atom is -0.285 e. The lowest BCUT2D eigenvalue weighted by Crippen LogP contribution is -2.40. The highest BCUT2D eigenvalue weighted by molar-refractivity contribution is 5.91. The van der Waals surface area contributed by atoms with Crippen LogP contribution < -0.4 is 10.4 Å². The number of hydrazine groups is 1. The topological polar surface area (TPSA) is 63.1 Å². The van der Waals surface area contributed by atoms with Crippen LogP contribution >= 0.6 is 0 Å². The first-order valence-electron chi connectivity index (χ1n) is 8.92. The van der Waals surface area contributed by atoms with E-state index in [1.807, 2.05) is 49.2 Å². The minimum atomic E-state index is -0.199. The lowest BCUT2D eigenvalue weighted by atomic mass is 10.1. The van der Waals surface area contributed by atoms with E-state index >= 15 is 0 Å². The van der Waals surface area contributed by atoms with Crippen LogP contribution in [-0.2, 0) is 11.2 Å². The highest BCUT2D eigenvalue weighted by Crippen LogP contribution is 2.25. The Morgan fingerprint density at radius 3 is 2.74 bits per heavy atom. The van der Waals surface area contributed by atoms with Gasteiger partial charge in [0.1, 0.15) is 6.33 Å². The lowest BCUT2D eigenvalue weighted by molar-refractivity contribution is -0.116. The molecule has 0 spiro atoms. The van der Waals surface area contributed by atoms with Crippen molar-refractivity contribution in [2.45, 2.75) is 20.3 Å². The smallest absolute Gasteiger partial charge is 0.264 e. The van der Waals surface area contributed by atoms with Gasteiger partial charge in [0.15, 0.2) is 5.82 Å². The average molecular weight is 359 g/mol. The predicted octanol–water partition coefficient (Wildman–Crippen LogP) is 3.13. The van der Waals surface area contributed by atoms with E-state index in [9.17, 15) is 4.79 Å². The van der Waals surface area contributed by atoms with Crippen molar-refractivity contribution in [2.24, 2.45) is 0 Å². The molecule has 0 aliphatic carbocycles. The third-order valence-electron chi connectivity index (χ3n) is 4.50.